The van der Waals surface area contributed by atoms with Crippen molar-refractivity contribution < 1.29 is 9.53 Å². The van der Waals surface area contributed by atoms with E-state index in [1.165, 1.54) is 0 Å². The summed E-state index contributed by atoms with van der Waals surface area (Å²) in [5, 5.41) is 2.86. The van der Waals surface area contributed by atoms with Gasteiger partial charge in [-0.25, -0.2) is 0 Å². The number of carbonyl (C=O) groups is 1. The zero-order valence-corrected chi connectivity index (χ0v) is 12.7. The van der Waals surface area contributed by atoms with Crippen LogP contribution in [0.4, 0.5) is 5.69 Å². The summed E-state index contributed by atoms with van der Waals surface area (Å²) in [5.41, 5.74) is 6.40. The molecular weight excluding hydrogens is 252 g/mol. The number of carbonyl (C=O) groups excluding carboxylic acids is 1. The van der Waals surface area contributed by atoms with E-state index < -0.39 is 0 Å². The molecule has 1 aromatic rings. The lowest BCUT2D eigenvalue weighted by Crippen LogP contribution is -2.19. The summed E-state index contributed by atoms with van der Waals surface area (Å²) >= 11 is 0. The quantitative estimate of drug-likeness (QED) is 0.767. The highest BCUT2D eigenvalue weighted by Crippen LogP contribution is 2.18. The maximum Gasteiger partial charge on any atom is 0.224 e. The molecule has 112 valence electrons. The number of benzene rings is 1. The average molecular weight is 278 g/mol. The van der Waals surface area contributed by atoms with E-state index in [4.69, 9.17) is 10.5 Å². The molecule has 1 unspecified atom stereocenters. The Balaban J connectivity index is 2.44. The predicted molar refractivity (Wildman–Crippen MR) is 82.9 cm³/mol. The van der Waals surface area contributed by atoms with Crippen LogP contribution in [0.5, 0.6) is 5.75 Å². The molecule has 1 amide bonds. The van der Waals surface area contributed by atoms with Crippen molar-refractivity contribution in [3.63, 3.8) is 0 Å². The first kappa shape index (κ1) is 16.5. The number of anilines is 1. The smallest absolute Gasteiger partial charge is 0.224 e. The molecule has 1 aromatic carbocycles. The molecule has 0 saturated carbocycles. The van der Waals surface area contributed by atoms with Gasteiger partial charge < -0.3 is 15.8 Å². The molecular formula is C16H26N2O2. The lowest BCUT2D eigenvalue weighted by Gasteiger charge is -2.10. The number of hydrogen-bond acceptors (Lipinski definition) is 3. The van der Waals surface area contributed by atoms with Crippen molar-refractivity contribution in [1.82, 2.24) is 0 Å². The van der Waals surface area contributed by atoms with Crippen LogP contribution >= 0.6 is 0 Å². The summed E-state index contributed by atoms with van der Waals surface area (Å²) in [5.74, 6) is 1.40. The third-order valence-corrected chi connectivity index (χ3v) is 2.91. The molecule has 4 nitrogen and oxygen atoms in total. The second-order valence-electron chi connectivity index (χ2n) is 5.62. The Morgan fingerprint density at radius 2 is 2.05 bits per heavy atom. The molecule has 0 aliphatic rings. The third-order valence-electron chi connectivity index (χ3n) is 2.91. The van der Waals surface area contributed by atoms with Crippen LogP contribution in [0.3, 0.4) is 0 Å². The number of hydrogen-bond donors (Lipinski definition) is 2. The summed E-state index contributed by atoms with van der Waals surface area (Å²) in [4.78, 5) is 11.7. The zero-order valence-electron chi connectivity index (χ0n) is 12.7. The van der Waals surface area contributed by atoms with Gasteiger partial charge in [0.05, 0.1) is 6.61 Å². The van der Waals surface area contributed by atoms with Crippen LogP contribution in [-0.4, -0.2) is 18.6 Å². The first-order valence-corrected chi connectivity index (χ1v) is 7.25. The van der Waals surface area contributed by atoms with Gasteiger partial charge in [0.15, 0.2) is 0 Å². The first-order valence-electron chi connectivity index (χ1n) is 7.25. The molecule has 1 atom stereocenters. The molecule has 0 spiro atoms. The van der Waals surface area contributed by atoms with Crippen molar-refractivity contribution in [1.29, 1.82) is 0 Å². The zero-order chi connectivity index (χ0) is 15.0. The molecule has 20 heavy (non-hydrogen) atoms. The SMILES string of the molecule is CC(C)CCOc1cccc(NC(=O)CCC(C)N)c1. The van der Waals surface area contributed by atoms with Crippen LogP contribution < -0.4 is 15.8 Å². The van der Waals surface area contributed by atoms with Crippen LogP contribution in [0.2, 0.25) is 0 Å². The van der Waals surface area contributed by atoms with Crippen molar-refractivity contribution in [2.75, 3.05) is 11.9 Å². The van der Waals surface area contributed by atoms with Crippen molar-refractivity contribution in [2.45, 2.75) is 46.1 Å². The molecule has 3 N–H and O–H groups in total. The second-order valence-corrected chi connectivity index (χ2v) is 5.62. The van der Waals surface area contributed by atoms with E-state index >= 15 is 0 Å². The maximum atomic E-state index is 11.7. The Bertz CT molecular complexity index is 417. The minimum Gasteiger partial charge on any atom is -0.494 e. The van der Waals surface area contributed by atoms with Gasteiger partial charge in [0.25, 0.3) is 0 Å². The van der Waals surface area contributed by atoms with Gasteiger partial charge in [-0.3, -0.25) is 4.79 Å². The highest BCUT2D eigenvalue weighted by atomic mass is 16.5. The summed E-state index contributed by atoms with van der Waals surface area (Å²) in [6, 6.07) is 7.54. The van der Waals surface area contributed by atoms with Crippen LogP contribution in [0.1, 0.15) is 40.0 Å². The third kappa shape index (κ3) is 7.14. The topological polar surface area (TPSA) is 64.3 Å². The monoisotopic (exact) mass is 278 g/mol. The van der Waals surface area contributed by atoms with E-state index in [1.54, 1.807) is 0 Å². The predicted octanol–water partition coefficient (Wildman–Crippen LogP) is 3.18. The Morgan fingerprint density at radius 1 is 1.30 bits per heavy atom. The fourth-order valence-corrected chi connectivity index (χ4v) is 1.66. The number of rotatable bonds is 8. The van der Waals surface area contributed by atoms with Gasteiger partial charge in [-0.05, 0) is 37.8 Å². The van der Waals surface area contributed by atoms with Gasteiger partial charge in [0.2, 0.25) is 5.91 Å². The summed E-state index contributed by atoms with van der Waals surface area (Å²) in [6.07, 6.45) is 2.15. The minimum absolute atomic E-state index is 0.0124. The van der Waals surface area contributed by atoms with Crippen molar-refractivity contribution in [3.05, 3.63) is 24.3 Å². The molecule has 4 heteroatoms. The molecule has 0 aromatic heterocycles. The van der Waals surface area contributed by atoms with Gasteiger partial charge >= 0.3 is 0 Å². The van der Waals surface area contributed by atoms with Crippen molar-refractivity contribution in [3.8, 4) is 5.75 Å². The molecule has 0 heterocycles. The van der Waals surface area contributed by atoms with Crippen LogP contribution in [0, 0.1) is 5.92 Å². The highest BCUT2D eigenvalue weighted by Gasteiger charge is 2.05. The minimum atomic E-state index is -0.0124. The van der Waals surface area contributed by atoms with E-state index in [9.17, 15) is 4.79 Å². The second kappa shape index (κ2) is 8.59. The van der Waals surface area contributed by atoms with Gasteiger partial charge in [-0.15, -0.1) is 0 Å². The van der Waals surface area contributed by atoms with Crippen LogP contribution in [-0.2, 0) is 4.79 Å². The molecule has 0 radical (unpaired) electrons. The van der Waals surface area contributed by atoms with Crippen molar-refractivity contribution in [2.24, 2.45) is 11.7 Å². The first-order chi connectivity index (χ1) is 9.47. The molecule has 1 rings (SSSR count). The van der Waals surface area contributed by atoms with Crippen LogP contribution in [0.15, 0.2) is 24.3 Å². The van der Waals surface area contributed by atoms with E-state index in [0.29, 0.717) is 25.4 Å². The summed E-state index contributed by atoms with van der Waals surface area (Å²) in [6.45, 7) is 6.92. The highest BCUT2D eigenvalue weighted by molar-refractivity contribution is 5.90. The molecule has 0 aliphatic carbocycles. The maximum absolute atomic E-state index is 11.7. The van der Waals surface area contributed by atoms with E-state index in [2.05, 4.69) is 19.2 Å². The molecule has 0 saturated heterocycles. The molecule has 0 fully saturated rings. The van der Waals surface area contributed by atoms with E-state index in [1.807, 2.05) is 31.2 Å². The standard InChI is InChI=1S/C16H26N2O2/c1-12(2)9-10-20-15-6-4-5-14(11-15)18-16(19)8-7-13(3)17/h4-6,11-13H,7-10,17H2,1-3H3,(H,18,19). The van der Waals surface area contributed by atoms with Gasteiger partial charge in [-0.1, -0.05) is 19.9 Å². The Labute approximate surface area is 121 Å². The Kier molecular flexibility index (Phi) is 7.09. The van der Waals surface area contributed by atoms with E-state index in [-0.39, 0.29) is 11.9 Å². The lowest BCUT2D eigenvalue weighted by atomic mass is 10.1. The molecule has 0 bridgehead atoms. The summed E-state index contributed by atoms with van der Waals surface area (Å²) in [7, 11) is 0. The fraction of sp³-hybridized carbons (Fsp3) is 0.562. The Morgan fingerprint density at radius 3 is 2.70 bits per heavy atom. The number of nitrogens with two attached hydrogens (primary N) is 1. The van der Waals surface area contributed by atoms with Crippen molar-refractivity contribution >= 4 is 11.6 Å². The normalized spacial score (nSPS) is 12.2. The summed E-state index contributed by atoms with van der Waals surface area (Å²) < 4.78 is 5.67. The number of nitrogens with one attached hydrogen (secondary N) is 1. The lowest BCUT2D eigenvalue weighted by molar-refractivity contribution is -0.116. The number of ether oxygens (including phenoxy) is 1. The molecule has 0 aliphatic heterocycles. The van der Waals surface area contributed by atoms with Gasteiger partial charge in [0.1, 0.15) is 5.75 Å². The average Bonchev–Trinajstić information content (AvgIpc) is 2.36. The van der Waals surface area contributed by atoms with Gasteiger partial charge in [-0.2, -0.15) is 0 Å². The van der Waals surface area contributed by atoms with Gasteiger partial charge in [0, 0.05) is 24.2 Å². The fourth-order valence-electron chi connectivity index (χ4n) is 1.66. The number of amides is 1. The van der Waals surface area contributed by atoms with Crippen LogP contribution in [0.25, 0.3) is 0 Å². The largest absolute Gasteiger partial charge is 0.494 e. The van der Waals surface area contributed by atoms with E-state index in [0.717, 1.165) is 17.9 Å². The Hall–Kier alpha value is -1.55.